The van der Waals surface area contributed by atoms with Crippen LogP contribution in [0.4, 0.5) is 17.6 Å². The highest BCUT2D eigenvalue weighted by atomic mass is 19.2. The zero-order chi connectivity index (χ0) is 17.0. The molecule has 0 spiro atoms. The maximum absolute atomic E-state index is 14.7. The molecule has 0 atom stereocenters. The molecule has 0 N–H and O–H groups in total. The molecule has 0 amide bonds. The van der Waals surface area contributed by atoms with Gasteiger partial charge in [0.1, 0.15) is 0 Å². The number of aryl methyl sites for hydroxylation is 1. The molecule has 2 aromatic carbocycles. The number of benzene rings is 2. The van der Waals surface area contributed by atoms with E-state index in [-0.39, 0.29) is 22.3 Å². The molecule has 0 bridgehead atoms. The highest BCUT2D eigenvalue weighted by molar-refractivity contribution is 5.81. The third kappa shape index (κ3) is 2.12. The number of fused-ring (bicyclic) bond motifs is 3. The van der Waals surface area contributed by atoms with Crippen molar-refractivity contribution in [2.45, 2.75) is 39.0 Å². The van der Waals surface area contributed by atoms with Crippen LogP contribution >= 0.6 is 0 Å². The van der Waals surface area contributed by atoms with E-state index in [9.17, 15) is 17.6 Å². The second-order valence-electron chi connectivity index (χ2n) is 6.59. The minimum Gasteiger partial charge on any atom is -0.203 e. The zero-order valence-corrected chi connectivity index (χ0v) is 13.3. The fourth-order valence-corrected chi connectivity index (χ4v) is 3.84. The highest BCUT2D eigenvalue weighted by Crippen LogP contribution is 2.44. The number of hydrogen-bond donors (Lipinski definition) is 0. The summed E-state index contributed by atoms with van der Waals surface area (Å²) in [5.74, 6) is -4.13. The van der Waals surface area contributed by atoms with Gasteiger partial charge < -0.3 is 0 Å². The third-order valence-corrected chi connectivity index (χ3v) is 5.03. The zero-order valence-electron chi connectivity index (χ0n) is 13.3. The van der Waals surface area contributed by atoms with E-state index >= 15 is 0 Å². The monoisotopic (exact) mass is 332 g/mol. The number of hydrogen-bond acceptors (Lipinski definition) is 0. The Morgan fingerprint density at radius 1 is 0.792 bits per heavy atom. The van der Waals surface area contributed by atoms with Crippen LogP contribution in [-0.2, 0) is 6.42 Å². The lowest BCUT2D eigenvalue weighted by Gasteiger charge is -2.16. The van der Waals surface area contributed by atoms with Crippen LogP contribution in [0.3, 0.4) is 0 Å². The lowest BCUT2D eigenvalue weighted by molar-refractivity contribution is 0.497. The molecule has 0 saturated carbocycles. The summed E-state index contributed by atoms with van der Waals surface area (Å²) < 4.78 is 57.5. The lowest BCUT2D eigenvalue weighted by Crippen LogP contribution is -2.02. The Morgan fingerprint density at radius 3 is 2.12 bits per heavy atom. The second-order valence-corrected chi connectivity index (χ2v) is 6.59. The first kappa shape index (κ1) is 15.4. The molecule has 0 aliphatic heterocycles. The summed E-state index contributed by atoms with van der Waals surface area (Å²) in [6, 6.07) is 3.13. The predicted octanol–water partition coefficient (Wildman–Crippen LogP) is 6.08. The van der Waals surface area contributed by atoms with E-state index in [2.05, 4.69) is 0 Å². The second kappa shape index (κ2) is 5.47. The van der Waals surface area contributed by atoms with Crippen molar-refractivity contribution in [3.63, 3.8) is 0 Å². The molecular weight excluding hydrogens is 316 g/mol. The van der Waals surface area contributed by atoms with E-state index in [1.807, 2.05) is 6.08 Å². The van der Waals surface area contributed by atoms with E-state index in [0.717, 1.165) is 24.8 Å². The fourth-order valence-electron chi connectivity index (χ4n) is 3.84. The van der Waals surface area contributed by atoms with Gasteiger partial charge in [0.15, 0.2) is 23.3 Å². The van der Waals surface area contributed by atoms with Crippen LogP contribution < -0.4 is 0 Å². The van der Waals surface area contributed by atoms with Gasteiger partial charge in [0.2, 0.25) is 0 Å². The van der Waals surface area contributed by atoms with Gasteiger partial charge in [-0.1, -0.05) is 12.1 Å². The minimum absolute atomic E-state index is 0.126. The molecular formula is C20H16F4. The first-order chi connectivity index (χ1) is 11.5. The molecule has 124 valence electrons. The molecule has 0 heterocycles. The smallest absolute Gasteiger partial charge is 0.167 e. The van der Waals surface area contributed by atoms with Crippen LogP contribution in [0, 0.1) is 30.2 Å². The summed E-state index contributed by atoms with van der Waals surface area (Å²) in [5.41, 5.74) is 2.02. The Hall–Kier alpha value is -2.10. The summed E-state index contributed by atoms with van der Waals surface area (Å²) >= 11 is 0. The predicted molar refractivity (Wildman–Crippen MR) is 85.7 cm³/mol. The molecule has 0 aromatic heterocycles. The van der Waals surface area contributed by atoms with Crippen molar-refractivity contribution in [3.8, 4) is 11.1 Å². The molecule has 0 unspecified atom stereocenters. The van der Waals surface area contributed by atoms with Gasteiger partial charge in [-0.15, -0.1) is 0 Å². The van der Waals surface area contributed by atoms with Crippen LogP contribution in [0.1, 0.15) is 47.9 Å². The topological polar surface area (TPSA) is 0 Å². The first-order valence-corrected chi connectivity index (χ1v) is 8.17. The molecule has 0 nitrogen and oxygen atoms in total. The Kier molecular flexibility index (Phi) is 3.52. The van der Waals surface area contributed by atoms with Crippen LogP contribution in [0.5, 0.6) is 0 Å². The van der Waals surface area contributed by atoms with Gasteiger partial charge in [0.25, 0.3) is 0 Å². The summed E-state index contributed by atoms with van der Waals surface area (Å²) in [4.78, 5) is 0. The molecule has 4 rings (SSSR count). The average Bonchev–Trinajstić information content (AvgIpc) is 2.95. The van der Waals surface area contributed by atoms with E-state index in [0.29, 0.717) is 24.0 Å². The van der Waals surface area contributed by atoms with Gasteiger partial charge in [0, 0.05) is 16.7 Å². The molecule has 0 saturated heterocycles. The lowest BCUT2D eigenvalue weighted by atomic mass is 9.90. The third-order valence-electron chi connectivity index (χ3n) is 5.03. The molecule has 24 heavy (non-hydrogen) atoms. The van der Waals surface area contributed by atoms with Crippen LogP contribution in [-0.4, -0.2) is 0 Å². The Bertz CT molecular complexity index is 893. The van der Waals surface area contributed by atoms with Crippen LogP contribution in [0.2, 0.25) is 0 Å². The van der Waals surface area contributed by atoms with Crippen molar-refractivity contribution in [2.24, 2.45) is 0 Å². The summed E-state index contributed by atoms with van der Waals surface area (Å²) in [6.45, 7) is 1.47. The van der Waals surface area contributed by atoms with Crippen molar-refractivity contribution in [2.75, 3.05) is 0 Å². The quantitative estimate of drug-likeness (QED) is 0.474. The van der Waals surface area contributed by atoms with Crippen molar-refractivity contribution in [1.29, 1.82) is 0 Å². The molecule has 2 aliphatic carbocycles. The van der Waals surface area contributed by atoms with E-state index in [4.69, 9.17) is 0 Å². The molecule has 0 radical (unpaired) electrons. The highest BCUT2D eigenvalue weighted by Gasteiger charge is 2.31. The summed E-state index contributed by atoms with van der Waals surface area (Å²) in [6.07, 6.45) is 5.80. The maximum atomic E-state index is 14.7. The minimum atomic E-state index is -1.09. The van der Waals surface area contributed by atoms with Crippen LogP contribution in [0.25, 0.3) is 16.7 Å². The van der Waals surface area contributed by atoms with Gasteiger partial charge in [0.05, 0.1) is 0 Å². The molecule has 2 aliphatic rings. The molecule has 0 fully saturated rings. The van der Waals surface area contributed by atoms with E-state index < -0.39 is 23.3 Å². The van der Waals surface area contributed by atoms with E-state index in [1.54, 1.807) is 6.07 Å². The summed E-state index contributed by atoms with van der Waals surface area (Å²) in [7, 11) is 0. The van der Waals surface area contributed by atoms with E-state index in [1.165, 1.54) is 13.0 Å². The van der Waals surface area contributed by atoms with Crippen molar-refractivity contribution >= 4 is 5.57 Å². The number of rotatable bonds is 1. The molecule has 2 aromatic rings. The Labute approximate surface area is 137 Å². The largest absolute Gasteiger partial charge is 0.203 e. The normalized spacial score (nSPS) is 16.0. The van der Waals surface area contributed by atoms with Crippen molar-refractivity contribution < 1.29 is 17.6 Å². The van der Waals surface area contributed by atoms with Gasteiger partial charge in [-0.3, -0.25) is 0 Å². The average molecular weight is 332 g/mol. The maximum Gasteiger partial charge on any atom is 0.167 e. The molecule has 4 heteroatoms. The number of allylic oxidation sites excluding steroid dienone is 2. The Balaban J connectivity index is 1.94. The first-order valence-electron chi connectivity index (χ1n) is 8.17. The van der Waals surface area contributed by atoms with Gasteiger partial charge in [-0.2, -0.15) is 0 Å². The Morgan fingerprint density at radius 2 is 1.46 bits per heavy atom. The van der Waals surface area contributed by atoms with Crippen molar-refractivity contribution in [3.05, 3.63) is 63.7 Å². The SMILES string of the molecule is Cc1cc2c(c(F)c1F)-c1c(cc(C3=CCCCC3)c(F)c1F)C2. The van der Waals surface area contributed by atoms with Crippen molar-refractivity contribution in [1.82, 2.24) is 0 Å². The summed E-state index contributed by atoms with van der Waals surface area (Å²) in [5, 5.41) is 0. The van der Waals surface area contributed by atoms with Gasteiger partial charge >= 0.3 is 0 Å². The van der Waals surface area contributed by atoms with Crippen LogP contribution in [0.15, 0.2) is 18.2 Å². The fraction of sp³-hybridized carbons (Fsp3) is 0.300. The van der Waals surface area contributed by atoms with Gasteiger partial charge in [-0.25, -0.2) is 17.6 Å². The number of halogens is 4. The standard InChI is InChI=1S/C20H16F4/c1-10-7-12-8-13-9-14(11-5-3-2-4-6-11)18(22)20(24)16(13)15(12)19(23)17(10)21/h5,7,9H,2-4,6,8H2,1H3. The van der Waals surface area contributed by atoms with Gasteiger partial charge in [-0.05, 0) is 67.4 Å².